The highest BCUT2D eigenvalue weighted by molar-refractivity contribution is 6.31. The van der Waals surface area contributed by atoms with E-state index in [-0.39, 0.29) is 17.9 Å². The van der Waals surface area contributed by atoms with Crippen LogP contribution >= 0.6 is 11.6 Å². The van der Waals surface area contributed by atoms with Gasteiger partial charge in [0, 0.05) is 28.3 Å². The summed E-state index contributed by atoms with van der Waals surface area (Å²) in [5, 5.41) is 10.00. The molecule has 1 spiro atoms. The summed E-state index contributed by atoms with van der Waals surface area (Å²) in [7, 11) is 0. The van der Waals surface area contributed by atoms with Gasteiger partial charge in [-0.2, -0.15) is 0 Å². The quantitative estimate of drug-likeness (QED) is 0.736. The average molecular weight is 446 g/mol. The summed E-state index contributed by atoms with van der Waals surface area (Å²) < 4.78 is 29.4. The molecule has 2 aromatic rings. The molecule has 2 aliphatic heterocycles. The molecule has 31 heavy (non-hydrogen) atoms. The molecule has 1 amide bonds. The number of benzene rings is 1. The van der Waals surface area contributed by atoms with Gasteiger partial charge in [-0.15, -0.1) is 0 Å². The number of amides is 1. The lowest BCUT2D eigenvalue weighted by atomic mass is 9.73. The Hall–Kier alpha value is -2.22. The Balaban J connectivity index is 1.20. The number of rotatable bonds is 6. The third kappa shape index (κ3) is 3.49. The monoisotopic (exact) mass is 445 g/mol. The number of hydrogen-bond donors (Lipinski definition) is 1. The van der Waals surface area contributed by atoms with E-state index >= 15 is 0 Å². The molecule has 1 saturated carbocycles. The van der Waals surface area contributed by atoms with Gasteiger partial charge in [-0.25, -0.2) is 9.97 Å². The zero-order chi connectivity index (χ0) is 24.1. The number of aromatic nitrogens is 2. The molecule has 1 aromatic carbocycles. The minimum atomic E-state index is -2.54. The van der Waals surface area contributed by atoms with Crippen LogP contribution in [-0.2, 0) is 15.6 Å². The molecule has 7 nitrogen and oxygen atoms in total. The van der Waals surface area contributed by atoms with Gasteiger partial charge in [-0.3, -0.25) is 9.69 Å². The van der Waals surface area contributed by atoms with Gasteiger partial charge < -0.3 is 14.7 Å². The van der Waals surface area contributed by atoms with Crippen LogP contribution in [0.2, 0.25) is 5.02 Å². The van der Waals surface area contributed by atoms with Crippen molar-refractivity contribution >= 4 is 23.2 Å². The molecule has 5 rings (SSSR count). The van der Waals surface area contributed by atoms with Crippen LogP contribution in [0.4, 0.5) is 5.69 Å². The van der Waals surface area contributed by atoms with Gasteiger partial charge in [-0.05, 0) is 62.5 Å². The SMILES string of the molecule is [2H]C([2H])([2H])N1C(=O)C2(CCN(CCOc3cnc(C4(CO)CC4)nc3)CC2)c2cc(Cl)ccc21. The maximum atomic E-state index is 13.4. The second-order valence-electron chi connectivity index (χ2n) is 8.76. The maximum Gasteiger partial charge on any atom is 0.237 e. The lowest BCUT2D eigenvalue weighted by molar-refractivity contribution is -0.124. The predicted molar refractivity (Wildman–Crippen MR) is 118 cm³/mol. The number of aliphatic hydroxyl groups excluding tert-OH is 1. The van der Waals surface area contributed by atoms with Gasteiger partial charge >= 0.3 is 0 Å². The van der Waals surface area contributed by atoms with Crippen LogP contribution in [0.3, 0.4) is 0 Å². The molecule has 164 valence electrons. The van der Waals surface area contributed by atoms with E-state index in [0.717, 1.165) is 17.7 Å². The molecule has 8 heteroatoms. The predicted octanol–water partition coefficient (Wildman–Crippen LogP) is 2.54. The van der Waals surface area contributed by atoms with E-state index in [0.29, 0.717) is 66.9 Å². The highest BCUT2D eigenvalue weighted by Gasteiger charge is 2.51. The van der Waals surface area contributed by atoms with Crippen molar-refractivity contribution in [2.24, 2.45) is 0 Å². The van der Waals surface area contributed by atoms with Crippen LogP contribution in [0, 0.1) is 0 Å². The van der Waals surface area contributed by atoms with Crippen LogP contribution in [0.25, 0.3) is 0 Å². The zero-order valence-electron chi connectivity index (χ0n) is 20.2. The third-order valence-electron chi connectivity index (χ3n) is 6.97. The van der Waals surface area contributed by atoms with Crippen molar-refractivity contribution in [2.75, 3.05) is 44.7 Å². The molecular weight excluding hydrogens is 416 g/mol. The number of piperidine rings is 1. The number of nitrogens with zero attached hydrogens (tertiary/aromatic N) is 4. The van der Waals surface area contributed by atoms with Gasteiger partial charge in [0.15, 0.2) is 5.75 Å². The average Bonchev–Trinajstić information content (AvgIpc) is 3.57. The number of fused-ring (bicyclic) bond motifs is 2. The standard InChI is InChI=1S/C23H27ClN4O3/c1-27-19-3-2-16(24)12-18(19)23(21(27)30)6-8-28(9-7-23)10-11-31-17-13-25-20(26-14-17)22(15-29)4-5-22/h2-3,12-14,29H,4-11,15H2,1H3/i1D3. The Kier molecular flexibility index (Phi) is 4.32. The van der Waals surface area contributed by atoms with Crippen LogP contribution in [0.5, 0.6) is 5.75 Å². The minimum Gasteiger partial charge on any atom is -0.489 e. The number of anilines is 1. The molecule has 3 heterocycles. The normalized spacial score (nSPS) is 23.2. The van der Waals surface area contributed by atoms with Crippen LogP contribution < -0.4 is 9.64 Å². The van der Waals surface area contributed by atoms with Gasteiger partial charge in [0.1, 0.15) is 12.4 Å². The molecule has 1 N–H and O–H groups in total. The Labute approximate surface area is 191 Å². The van der Waals surface area contributed by atoms with Crippen LogP contribution in [0.15, 0.2) is 30.6 Å². The Morgan fingerprint density at radius 2 is 1.97 bits per heavy atom. The van der Waals surface area contributed by atoms with Crippen molar-refractivity contribution in [3.63, 3.8) is 0 Å². The molecule has 0 atom stereocenters. The van der Waals surface area contributed by atoms with Gasteiger partial charge in [0.05, 0.1) is 29.8 Å². The van der Waals surface area contributed by atoms with Crippen LogP contribution in [0.1, 0.15) is 41.2 Å². The molecule has 1 aromatic heterocycles. The lowest BCUT2D eigenvalue weighted by Crippen LogP contribution is -2.48. The van der Waals surface area contributed by atoms with E-state index in [1.54, 1.807) is 30.6 Å². The van der Waals surface area contributed by atoms with Gasteiger partial charge in [0.25, 0.3) is 0 Å². The van der Waals surface area contributed by atoms with E-state index in [1.165, 1.54) is 0 Å². The van der Waals surface area contributed by atoms with Crippen molar-refractivity contribution in [3.8, 4) is 5.75 Å². The van der Waals surface area contributed by atoms with Gasteiger partial charge in [-0.1, -0.05) is 11.6 Å². The first-order valence-electron chi connectivity index (χ1n) is 12.1. The zero-order valence-corrected chi connectivity index (χ0v) is 17.9. The third-order valence-corrected chi connectivity index (χ3v) is 7.21. The van der Waals surface area contributed by atoms with Crippen molar-refractivity contribution in [1.29, 1.82) is 0 Å². The highest BCUT2D eigenvalue weighted by atomic mass is 35.5. The summed E-state index contributed by atoms with van der Waals surface area (Å²) in [5.74, 6) is 0.874. The minimum absolute atomic E-state index is 0.0625. The lowest BCUT2D eigenvalue weighted by Gasteiger charge is -2.38. The smallest absolute Gasteiger partial charge is 0.237 e. The molecule has 0 bridgehead atoms. The number of likely N-dealkylation sites (N-methyl/N-ethyl adjacent to an activating group) is 1. The molecule has 0 radical (unpaired) electrons. The van der Waals surface area contributed by atoms with E-state index < -0.39 is 12.4 Å². The second kappa shape index (κ2) is 7.73. The number of hydrogen-bond acceptors (Lipinski definition) is 6. The summed E-state index contributed by atoms with van der Waals surface area (Å²) in [4.78, 5) is 25.3. The van der Waals surface area contributed by atoms with Crippen molar-refractivity contribution in [3.05, 3.63) is 47.0 Å². The number of halogens is 1. The van der Waals surface area contributed by atoms with Crippen molar-refractivity contribution in [1.82, 2.24) is 14.9 Å². The number of ether oxygens (including phenoxy) is 1. The Morgan fingerprint density at radius 1 is 1.23 bits per heavy atom. The molecular formula is C23H27ClN4O3. The van der Waals surface area contributed by atoms with Crippen molar-refractivity contribution in [2.45, 2.75) is 36.5 Å². The molecule has 0 unspecified atom stereocenters. The number of likely N-dealkylation sites (tertiary alicyclic amines) is 1. The van der Waals surface area contributed by atoms with E-state index in [2.05, 4.69) is 14.9 Å². The fraction of sp³-hybridized carbons (Fsp3) is 0.522. The molecule has 3 aliphatic rings. The number of aliphatic hydroxyl groups is 1. The van der Waals surface area contributed by atoms with E-state index in [4.69, 9.17) is 20.5 Å². The molecule has 1 aliphatic carbocycles. The van der Waals surface area contributed by atoms with Crippen LogP contribution in [-0.4, -0.2) is 65.7 Å². The summed E-state index contributed by atoms with van der Waals surface area (Å²) >= 11 is 6.22. The summed E-state index contributed by atoms with van der Waals surface area (Å²) in [6.07, 6.45) is 6.14. The summed E-state index contributed by atoms with van der Waals surface area (Å²) in [5.41, 5.74) is 0.0217. The van der Waals surface area contributed by atoms with Gasteiger partial charge in [0.2, 0.25) is 5.91 Å². The fourth-order valence-corrected chi connectivity index (χ4v) is 4.90. The van der Waals surface area contributed by atoms with Crippen molar-refractivity contribution < 1.29 is 18.8 Å². The second-order valence-corrected chi connectivity index (χ2v) is 9.19. The Morgan fingerprint density at radius 3 is 2.61 bits per heavy atom. The number of carbonyl (C=O) groups excluding carboxylic acids is 1. The van der Waals surface area contributed by atoms with E-state index in [9.17, 15) is 9.90 Å². The highest BCUT2D eigenvalue weighted by Crippen LogP contribution is 2.48. The molecule has 1 saturated heterocycles. The summed E-state index contributed by atoms with van der Waals surface area (Å²) in [6, 6.07) is 5.00. The summed E-state index contributed by atoms with van der Waals surface area (Å²) in [6.45, 7) is -0.0830. The first-order chi connectivity index (χ1) is 16.2. The number of carbonyl (C=O) groups is 1. The Bertz CT molecular complexity index is 1080. The maximum absolute atomic E-state index is 13.4. The first kappa shape index (κ1) is 17.3. The first-order valence-corrected chi connectivity index (χ1v) is 11.0. The topological polar surface area (TPSA) is 78.8 Å². The fourth-order valence-electron chi connectivity index (χ4n) is 4.73. The largest absolute Gasteiger partial charge is 0.489 e. The molecule has 2 fully saturated rings. The van der Waals surface area contributed by atoms with E-state index in [1.807, 2.05) is 0 Å².